The lowest BCUT2D eigenvalue weighted by Crippen LogP contribution is -2.43. The highest BCUT2D eigenvalue weighted by atomic mass is 35.5. The first-order valence-corrected chi connectivity index (χ1v) is 16.0. The molecule has 2 aliphatic rings. The van der Waals surface area contributed by atoms with Crippen LogP contribution in [0.25, 0.3) is 0 Å². The highest BCUT2D eigenvalue weighted by Gasteiger charge is 2.27. The number of fused-ring (bicyclic) bond motifs is 4. The quantitative estimate of drug-likeness (QED) is 0.330. The van der Waals surface area contributed by atoms with Gasteiger partial charge in [0.2, 0.25) is 0 Å². The molecule has 9 heteroatoms. The van der Waals surface area contributed by atoms with Gasteiger partial charge in [-0.1, -0.05) is 29.8 Å². The predicted molar refractivity (Wildman–Crippen MR) is 185 cm³/mol. The van der Waals surface area contributed by atoms with Gasteiger partial charge in [-0.05, 0) is 115 Å². The maximum absolute atomic E-state index is 12.5. The van der Waals surface area contributed by atoms with E-state index in [1.807, 2.05) is 64.9 Å². The third-order valence-electron chi connectivity index (χ3n) is 7.40. The minimum absolute atomic E-state index is 0.188. The Labute approximate surface area is 269 Å². The SMILES string of the molecule is C/C=C(Cl)\C1=N/C(C)Nc2cncc(c2)CCc2cc(ccc2CN(C)CC2CCN(C(=O)OC(C)(C)C)CC2)N1.C=CC. The Morgan fingerprint density at radius 2 is 1.86 bits per heavy atom. The van der Waals surface area contributed by atoms with E-state index in [4.69, 9.17) is 21.3 Å². The number of aryl methyl sites for hydroxylation is 2. The molecule has 1 fully saturated rings. The smallest absolute Gasteiger partial charge is 0.410 e. The Morgan fingerprint density at radius 1 is 1.16 bits per heavy atom. The van der Waals surface area contributed by atoms with Crippen molar-refractivity contribution in [2.75, 3.05) is 37.3 Å². The number of carbonyl (C=O) groups excluding carboxylic acids is 1. The molecule has 0 radical (unpaired) electrons. The van der Waals surface area contributed by atoms with E-state index >= 15 is 0 Å². The average Bonchev–Trinajstić information content (AvgIpc) is 2.96. The minimum atomic E-state index is -0.463. The first-order chi connectivity index (χ1) is 20.9. The molecule has 2 aromatic rings. The third-order valence-corrected chi connectivity index (χ3v) is 7.80. The molecular formula is C35H51ClN6O2. The first kappa shape index (κ1) is 35.1. The zero-order chi connectivity index (χ0) is 32.3. The van der Waals surface area contributed by atoms with Gasteiger partial charge in [-0.15, -0.1) is 6.58 Å². The number of piperidine rings is 1. The van der Waals surface area contributed by atoms with Crippen LogP contribution in [0.3, 0.4) is 0 Å². The number of halogens is 1. The molecule has 44 heavy (non-hydrogen) atoms. The van der Waals surface area contributed by atoms with Gasteiger partial charge in [0.15, 0.2) is 0 Å². The largest absolute Gasteiger partial charge is 0.444 e. The van der Waals surface area contributed by atoms with Gasteiger partial charge in [-0.25, -0.2) is 9.79 Å². The normalized spacial score (nSPS) is 19.0. The van der Waals surface area contributed by atoms with Crippen molar-refractivity contribution in [3.8, 4) is 0 Å². The summed E-state index contributed by atoms with van der Waals surface area (Å²) in [5.74, 6) is 1.18. The predicted octanol–water partition coefficient (Wildman–Crippen LogP) is 7.86. The lowest BCUT2D eigenvalue weighted by atomic mass is 9.95. The number of anilines is 2. The molecule has 2 aliphatic heterocycles. The van der Waals surface area contributed by atoms with Crippen molar-refractivity contribution in [3.05, 3.63) is 77.1 Å². The van der Waals surface area contributed by atoms with E-state index in [2.05, 4.69) is 58.4 Å². The summed E-state index contributed by atoms with van der Waals surface area (Å²) >= 11 is 6.55. The summed E-state index contributed by atoms with van der Waals surface area (Å²) in [6, 6.07) is 8.71. The van der Waals surface area contributed by atoms with Gasteiger partial charge >= 0.3 is 6.09 Å². The number of aliphatic imine (C=N–C) groups is 1. The molecule has 1 aromatic carbocycles. The van der Waals surface area contributed by atoms with Gasteiger partial charge in [0, 0.05) is 38.1 Å². The Kier molecular flexibility index (Phi) is 13.3. The Balaban J connectivity index is 0.00000169. The van der Waals surface area contributed by atoms with Crippen molar-refractivity contribution in [1.82, 2.24) is 14.8 Å². The topological polar surface area (TPSA) is 82.1 Å². The molecule has 1 saturated heterocycles. The van der Waals surface area contributed by atoms with E-state index in [1.54, 1.807) is 6.08 Å². The van der Waals surface area contributed by atoms with E-state index in [0.29, 0.717) is 16.8 Å². The van der Waals surface area contributed by atoms with Crippen molar-refractivity contribution in [3.63, 3.8) is 0 Å². The minimum Gasteiger partial charge on any atom is -0.444 e. The molecular weight excluding hydrogens is 572 g/mol. The van der Waals surface area contributed by atoms with Gasteiger partial charge in [-0.2, -0.15) is 0 Å². The fraction of sp³-hybridized carbons (Fsp3) is 0.514. The Morgan fingerprint density at radius 3 is 2.52 bits per heavy atom. The molecule has 1 atom stereocenters. The molecule has 0 aliphatic carbocycles. The van der Waals surface area contributed by atoms with Crippen LogP contribution >= 0.6 is 11.6 Å². The van der Waals surface area contributed by atoms with Crippen LogP contribution < -0.4 is 10.6 Å². The summed E-state index contributed by atoms with van der Waals surface area (Å²) in [5.41, 5.74) is 5.24. The number of nitrogens with one attached hydrogen (secondary N) is 2. The van der Waals surface area contributed by atoms with Crippen LogP contribution in [-0.2, 0) is 24.1 Å². The first-order valence-electron chi connectivity index (χ1n) is 15.6. The highest BCUT2D eigenvalue weighted by Crippen LogP contribution is 2.25. The van der Waals surface area contributed by atoms with Crippen molar-refractivity contribution in [1.29, 1.82) is 0 Å². The maximum Gasteiger partial charge on any atom is 0.410 e. The number of amidine groups is 1. The van der Waals surface area contributed by atoms with E-state index in [-0.39, 0.29) is 12.3 Å². The summed E-state index contributed by atoms with van der Waals surface area (Å²) in [7, 11) is 2.19. The van der Waals surface area contributed by atoms with Crippen LogP contribution in [0.15, 0.2) is 65.4 Å². The molecule has 4 rings (SSSR count). The third kappa shape index (κ3) is 11.3. The Bertz CT molecular complexity index is 1310. The van der Waals surface area contributed by atoms with Crippen LogP contribution in [0, 0.1) is 5.92 Å². The number of hydrogen-bond acceptors (Lipinski definition) is 7. The fourth-order valence-corrected chi connectivity index (χ4v) is 5.48. The Hall–Kier alpha value is -3.36. The standard InChI is InChI=1S/C32H45ClN6O2.C3H6/c1-7-29(33)30-36-22(2)35-28-16-24(18-34-19-28)8-9-25-17-27(37-30)11-10-26(25)21-38(6)20-23-12-14-39(15-13-23)31(40)41-32(3,4)5;1-3-2/h7,10-11,16-19,22-23,35H,8-9,12-15,20-21H2,1-6H3,(H,36,37);3H,1H2,2H3/b29-7+;. The molecule has 1 aromatic heterocycles. The zero-order valence-corrected chi connectivity index (χ0v) is 28.4. The zero-order valence-electron chi connectivity index (χ0n) is 27.6. The summed E-state index contributed by atoms with van der Waals surface area (Å²) in [6.07, 6.45) is 10.8. The van der Waals surface area contributed by atoms with Crippen molar-refractivity contribution < 1.29 is 9.53 Å². The average molecular weight is 623 g/mol. The molecule has 1 amide bonds. The summed E-state index contributed by atoms with van der Waals surface area (Å²) < 4.78 is 5.56. The van der Waals surface area contributed by atoms with Gasteiger partial charge in [0.25, 0.3) is 0 Å². The van der Waals surface area contributed by atoms with Crippen LogP contribution in [0.1, 0.15) is 71.1 Å². The second-order valence-corrected chi connectivity index (χ2v) is 13.0. The molecule has 1 unspecified atom stereocenters. The second-order valence-electron chi connectivity index (χ2n) is 12.6. The number of ether oxygens (including phenoxy) is 1. The molecule has 2 N–H and O–H groups in total. The summed E-state index contributed by atoms with van der Waals surface area (Å²) in [6.45, 7) is 18.2. The van der Waals surface area contributed by atoms with Crippen molar-refractivity contribution >= 4 is 34.9 Å². The van der Waals surface area contributed by atoms with Gasteiger partial charge in [0.1, 0.15) is 17.6 Å². The molecule has 0 saturated carbocycles. The summed E-state index contributed by atoms with van der Waals surface area (Å²) in [4.78, 5) is 26.0. The van der Waals surface area contributed by atoms with Gasteiger partial charge in [-0.3, -0.25) is 4.98 Å². The lowest BCUT2D eigenvalue weighted by Gasteiger charge is -2.35. The highest BCUT2D eigenvalue weighted by molar-refractivity contribution is 6.44. The van der Waals surface area contributed by atoms with E-state index in [9.17, 15) is 4.79 Å². The number of allylic oxidation sites excluding steroid dienone is 2. The van der Waals surface area contributed by atoms with Crippen molar-refractivity contribution in [2.45, 2.75) is 85.5 Å². The monoisotopic (exact) mass is 622 g/mol. The number of carbonyl (C=O) groups is 1. The number of hydrogen-bond donors (Lipinski definition) is 2. The molecule has 3 heterocycles. The van der Waals surface area contributed by atoms with Gasteiger partial charge < -0.3 is 25.2 Å². The van der Waals surface area contributed by atoms with E-state index in [0.717, 1.165) is 63.2 Å². The van der Waals surface area contributed by atoms with Crippen LogP contribution in [-0.4, -0.2) is 65.2 Å². The molecule has 240 valence electrons. The number of pyridine rings is 1. The molecule has 0 spiro atoms. The number of benzene rings is 1. The van der Waals surface area contributed by atoms with Crippen LogP contribution in [0.4, 0.5) is 16.2 Å². The molecule has 8 nitrogen and oxygen atoms in total. The lowest BCUT2D eigenvalue weighted by molar-refractivity contribution is 0.0172. The summed E-state index contributed by atoms with van der Waals surface area (Å²) in [5, 5.41) is 7.45. The number of rotatable bonds is 5. The number of nitrogens with zero attached hydrogens (tertiary/aromatic N) is 4. The van der Waals surface area contributed by atoms with Crippen molar-refractivity contribution in [2.24, 2.45) is 10.9 Å². The second kappa shape index (κ2) is 16.6. The number of likely N-dealkylation sites (tertiary alicyclic amines) is 1. The van der Waals surface area contributed by atoms with E-state index < -0.39 is 5.60 Å². The maximum atomic E-state index is 12.5. The number of amides is 1. The fourth-order valence-electron chi connectivity index (χ4n) is 5.39. The molecule has 4 bridgehead atoms. The van der Waals surface area contributed by atoms with Gasteiger partial charge in [0.05, 0.1) is 16.9 Å². The van der Waals surface area contributed by atoms with E-state index in [1.165, 1.54) is 16.7 Å². The van der Waals surface area contributed by atoms with Crippen LogP contribution in [0.5, 0.6) is 0 Å². The van der Waals surface area contributed by atoms with Crippen LogP contribution in [0.2, 0.25) is 0 Å². The number of aromatic nitrogens is 1.